The molecular formula is C47H61N11O6. The molecule has 1 aliphatic heterocycles. The van der Waals surface area contributed by atoms with E-state index in [-0.39, 0.29) is 64.2 Å². The van der Waals surface area contributed by atoms with Crippen molar-refractivity contribution in [3.63, 3.8) is 0 Å². The first kappa shape index (κ1) is 48.6. The number of carbonyl (C=O) groups is 4. The Balaban J connectivity index is 1.53. The first-order valence-electron chi connectivity index (χ1n) is 21.4. The molecule has 4 atom stereocenters. The third-order valence-electron chi connectivity index (χ3n) is 10.9. The minimum atomic E-state index is -1.28. The lowest BCUT2D eigenvalue weighted by Gasteiger charge is -2.32. The molecule has 0 saturated heterocycles. The average molecular weight is 876 g/mol. The Kier molecular flexibility index (Phi) is 16.9. The van der Waals surface area contributed by atoms with Gasteiger partial charge >= 0.3 is 0 Å². The van der Waals surface area contributed by atoms with Crippen LogP contribution in [0.25, 0.3) is 22.5 Å². The van der Waals surface area contributed by atoms with Crippen LogP contribution in [0.5, 0.6) is 11.5 Å². The average Bonchev–Trinajstić information content (AvgIpc) is 3.27. The fourth-order valence-corrected chi connectivity index (χ4v) is 7.34. The Labute approximate surface area is 374 Å². The molecular weight excluding hydrogens is 815 g/mol. The minimum absolute atomic E-state index is 0.00919. The van der Waals surface area contributed by atoms with Gasteiger partial charge in [-0.3, -0.25) is 19.2 Å². The Morgan fingerprint density at radius 2 is 1.59 bits per heavy atom. The van der Waals surface area contributed by atoms with Crippen LogP contribution >= 0.6 is 0 Å². The highest BCUT2D eigenvalue weighted by molar-refractivity contribution is 5.95. The summed E-state index contributed by atoms with van der Waals surface area (Å²) in [6.45, 7) is 10.7. The maximum atomic E-state index is 14.6. The van der Waals surface area contributed by atoms with Crippen LogP contribution < -0.4 is 47.9 Å². The minimum Gasteiger partial charge on any atom is -0.492 e. The van der Waals surface area contributed by atoms with Gasteiger partial charge in [0.25, 0.3) is 0 Å². The van der Waals surface area contributed by atoms with Crippen molar-refractivity contribution in [1.82, 2.24) is 36.1 Å². The predicted molar refractivity (Wildman–Crippen MR) is 244 cm³/mol. The Morgan fingerprint density at radius 3 is 2.20 bits per heavy atom. The van der Waals surface area contributed by atoms with Crippen molar-refractivity contribution in [2.24, 2.45) is 17.2 Å². The zero-order valence-corrected chi connectivity index (χ0v) is 37.5. The van der Waals surface area contributed by atoms with E-state index in [4.69, 9.17) is 36.9 Å². The molecule has 0 unspecified atom stereocenters. The van der Waals surface area contributed by atoms with Gasteiger partial charge in [0.15, 0.2) is 5.82 Å². The van der Waals surface area contributed by atoms with E-state index in [2.05, 4.69) is 59.2 Å². The second-order valence-electron chi connectivity index (χ2n) is 16.7. The van der Waals surface area contributed by atoms with Crippen LogP contribution in [0.1, 0.15) is 68.1 Å². The van der Waals surface area contributed by atoms with Gasteiger partial charge in [-0.05, 0) is 73.2 Å². The number of nitrogens with two attached hydrogens (primary N) is 3. The highest BCUT2D eigenvalue weighted by Crippen LogP contribution is 2.40. The molecule has 0 saturated carbocycles. The van der Waals surface area contributed by atoms with Crippen molar-refractivity contribution in [1.29, 1.82) is 5.26 Å². The van der Waals surface area contributed by atoms with E-state index in [9.17, 15) is 19.2 Å². The highest BCUT2D eigenvalue weighted by Gasteiger charge is 2.35. The zero-order chi connectivity index (χ0) is 46.6. The van der Waals surface area contributed by atoms with Crippen molar-refractivity contribution in [2.45, 2.75) is 83.6 Å². The van der Waals surface area contributed by atoms with Gasteiger partial charge in [-0.1, -0.05) is 57.2 Å². The van der Waals surface area contributed by atoms with Gasteiger partial charge in [-0.15, -0.1) is 0 Å². The lowest BCUT2D eigenvalue weighted by atomic mass is 9.87. The van der Waals surface area contributed by atoms with Crippen LogP contribution in [-0.2, 0) is 37.6 Å². The lowest BCUT2D eigenvalue weighted by Crippen LogP contribution is -2.55. The smallest absolute Gasteiger partial charge is 0.248 e. The van der Waals surface area contributed by atoms with Crippen molar-refractivity contribution in [2.75, 3.05) is 46.4 Å². The molecule has 4 aromatic rings. The number of aryl methyl sites for hydroxylation is 1. The number of nitrogens with one attached hydrogen (secondary N) is 4. The van der Waals surface area contributed by atoms with Crippen LogP contribution in [-0.4, -0.2) is 103 Å². The molecule has 64 heavy (non-hydrogen) atoms. The first-order valence-corrected chi connectivity index (χ1v) is 21.4. The highest BCUT2D eigenvalue weighted by atomic mass is 16.5. The van der Waals surface area contributed by atoms with Gasteiger partial charge in [0.05, 0.1) is 12.1 Å². The molecule has 4 amide bonds. The number of likely N-dealkylation sites (N-methyl/N-ethyl adjacent to an activating group) is 1. The van der Waals surface area contributed by atoms with Crippen molar-refractivity contribution >= 4 is 23.6 Å². The number of carbonyl (C=O) groups excluding carboxylic acids is 4. The fraction of sp³-hybridized carbons (Fsp3) is 0.426. The van der Waals surface area contributed by atoms with Crippen LogP contribution in [0.15, 0.2) is 66.9 Å². The van der Waals surface area contributed by atoms with Crippen LogP contribution in [0, 0.1) is 18.3 Å². The molecule has 1 aliphatic rings. The molecule has 0 radical (unpaired) electrons. The summed E-state index contributed by atoms with van der Waals surface area (Å²) < 4.78 is 12.2. The van der Waals surface area contributed by atoms with Crippen molar-refractivity contribution < 1.29 is 28.7 Å². The van der Waals surface area contributed by atoms with Crippen LogP contribution in [0.4, 0.5) is 0 Å². The van der Waals surface area contributed by atoms with Crippen molar-refractivity contribution in [3.05, 3.63) is 94.8 Å². The summed E-state index contributed by atoms with van der Waals surface area (Å²) in [5.41, 5.74) is 23.4. The lowest BCUT2D eigenvalue weighted by molar-refractivity contribution is -0.142. The largest absolute Gasteiger partial charge is 0.492 e. The molecule has 3 aromatic carbocycles. The summed E-state index contributed by atoms with van der Waals surface area (Å²) in [4.78, 5) is 67.0. The molecule has 1 aromatic heterocycles. The molecule has 0 spiro atoms. The van der Waals surface area contributed by atoms with E-state index in [1.165, 1.54) is 24.4 Å². The SMILES string of the molecule is Cc1nc(-c2ccc(C(C)(C)C)cc2)ncc1CN[C@@H](CCN)C(=O)N(C)[C@@H]1C(=O)N[C@@H](C)C(=O)N[C@H](C(=O)NCC#N)Cc2ccc(OCCN)c(c2)-c2cc1ccc2OCCN. The summed E-state index contributed by atoms with van der Waals surface area (Å²) in [6, 6.07) is 16.1. The summed E-state index contributed by atoms with van der Waals surface area (Å²) in [6.07, 6.45) is 2.00. The number of nitrogens with zero attached hydrogens (tertiary/aromatic N) is 4. The number of aromatic nitrogens is 2. The molecule has 5 rings (SSSR count). The standard InChI is InChI=1S/C47H61N11O6/c1-28-33(27-54-42(55-28)31-8-11-34(12-9-31)47(3,4)5)26-53-37(15-16-48)46(62)58(6)41-32-10-14-40(64-22-19-51)36(25-32)35-23-30(7-13-39(35)63-21-18-50)24-38(44(60)52-20-17-49)57-43(59)29(2)56-45(41)61/h7-14,23,25,27,29,37-38,41,53H,15-16,18-22,24,26,48,50-51H2,1-6H3,(H,52,60)(H,56,61)(H,57,59)/t29-,37-,38-,41-/m0/s1. The maximum Gasteiger partial charge on any atom is 0.248 e. The molecule has 0 aliphatic carbocycles. The van der Waals surface area contributed by atoms with E-state index in [1.807, 2.05) is 25.1 Å². The molecule has 340 valence electrons. The summed E-state index contributed by atoms with van der Waals surface area (Å²) >= 11 is 0. The normalized spacial score (nSPS) is 16.9. The first-order chi connectivity index (χ1) is 30.6. The number of fused-ring (bicyclic) bond motifs is 5. The molecule has 4 bridgehead atoms. The van der Waals surface area contributed by atoms with Crippen molar-refractivity contribution in [3.8, 4) is 40.1 Å². The topological polar surface area (TPSA) is 266 Å². The quantitative estimate of drug-likeness (QED) is 0.0798. The Morgan fingerprint density at radius 1 is 0.938 bits per heavy atom. The summed E-state index contributed by atoms with van der Waals surface area (Å²) in [5.74, 6) is -0.920. The van der Waals surface area contributed by atoms with E-state index in [0.717, 1.165) is 16.8 Å². The fourth-order valence-electron chi connectivity index (χ4n) is 7.34. The number of benzene rings is 3. The number of hydrogen-bond acceptors (Lipinski definition) is 13. The molecule has 0 fully saturated rings. The number of amides is 4. The van der Waals surface area contributed by atoms with Gasteiger partial charge in [0, 0.05) is 67.2 Å². The zero-order valence-electron chi connectivity index (χ0n) is 37.5. The third kappa shape index (κ3) is 12.2. The van der Waals surface area contributed by atoms with E-state index < -0.39 is 47.8 Å². The van der Waals surface area contributed by atoms with Crippen LogP contribution in [0.3, 0.4) is 0 Å². The van der Waals surface area contributed by atoms with Crippen LogP contribution in [0.2, 0.25) is 0 Å². The number of hydrogen-bond donors (Lipinski definition) is 7. The van der Waals surface area contributed by atoms with E-state index in [0.29, 0.717) is 39.6 Å². The second kappa shape index (κ2) is 22.3. The Bertz CT molecular complexity index is 2330. The van der Waals surface area contributed by atoms with Gasteiger partial charge in [-0.2, -0.15) is 5.26 Å². The number of rotatable bonds is 16. The Hall–Kier alpha value is -6.45. The second-order valence-corrected chi connectivity index (χ2v) is 16.7. The molecule has 17 nitrogen and oxygen atoms in total. The predicted octanol–water partition coefficient (Wildman–Crippen LogP) is 2.28. The van der Waals surface area contributed by atoms with E-state index >= 15 is 0 Å². The third-order valence-corrected chi connectivity index (χ3v) is 10.9. The molecule has 10 N–H and O–H groups in total. The molecule has 2 heterocycles. The monoisotopic (exact) mass is 875 g/mol. The summed E-state index contributed by atoms with van der Waals surface area (Å²) in [7, 11) is 1.52. The number of ether oxygens (including phenoxy) is 2. The van der Waals surface area contributed by atoms with Gasteiger partial charge < -0.3 is 52.8 Å². The molecule has 17 heteroatoms. The maximum absolute atomic E-state index is 14.6. The van der Waals surface area contributed by atoms with E-state index in [1.54, 1.807) is 42.6 Å². The van der Waals surface area contributed by atoms with Gasteiger partial charge in [0.2, 0.25) is 23.6 Å². The van der Waals surface area contributed by atoms with Gasteiger partial charge in [-0.25, -0.2) is 9.97 Å². The van der Waals surface area contributed by atoms with Gasteiger partial charge in [0.1, 0.15) is 49.4 Å². The number of nitriles is 1. The summed E-state index contributed by atoms with van der Waals surface area (Å²) in [5, 5.41) is 20.5.